The van der Waals surface area contributed by atoms with Gasteiger partial charge in [0.1, 0.15) is 5.82 Å². The average Bonchev–Trinajstić information content (AvgIpc) is 2.77. The third-order valence-corrected chi connectivity index (χ3v) is 3.21. The van der Waals surface area contributed by atoms with Gasteiger partial charge in [-0.15, -0.1) is 11.3 Å². The van der Waals surface area contributed by atoms with Gasteiger partial charge in [-0.25, -0.2) is 9.37 Å². The van der Waals surface area contributed by atoms with Crippen molar-refractivity contribution in [3.63, 3.8) is 0 Å². The highest BCUT2D eigenvalue weighted by Crippen LogP contribution is 2.25. The Labute approximate surface area is 114 Å². The molecule has 0 aliphatic heterocycles. The van der Waals surface area contributed by atoms with Crippen LogP contribution in [0.2, 0.25) is 0 Å². The number of anilines is 1. The maximum atomic E-state index is 12.8. The number of aromatic nitrogens is 1. The van der Waals surface area contributed by atoms with E-state index in [0.29, 0.717) is 10.8 Å². The Hall–Kier alpha value is -1.79. The largest absolute Gasteiger partial charge is 0.318 e. The van der Waals surface area contributed by atoms with Gasteiger partial charge in [0.05, 0.1) is 11.2 Å². The van der Waals surface area contributed by atoms with Crippen LogP contribution in [-0.4, -0.2) is 16.4 Å². The topological polar surface area (TPSA) is 68.0 Å². The smallest absolute Gasteiger partial charge is 0.245 e. The fraction of sp³-hybridized carbons (Fsp3) is 0.231. The van der Waals surface area contributed by atoms with E-state index in [1.54, 1.807) is 31.4 Å². The summed E-state index contributed by atoms with van der Waals surface area (Å²) in [4.78, 5) is 16.0. The molecule has 4 nitrogen and oxygen atoms in total. The van der Waals surface area contributed by atoms with Crippen LogP contribution in [0.25, 0.3) is 11.3 Å². The molecule has 0 saturated heterocycles. The molecule has 0 spiro atoms. The van der Waals surface area contributed by atoms with Gasteiger partial charge in [-0.1, -0.05) is 0 Å². The number of halogens is 1. The van der Waals surface area contributed by atoms with Crippen molar-refractivity contribution in [3.05, 3.63) is 35.5 Å². The highest BCUT2D eigenvalue weighted by molar-refractivity contribution is 7.14. The van der Waals surface area contributed by atoms with Crippen molar-refractivity contribution >= 4 is 22.4 Å². The first kappa shape index (κ1) is 13.6. The normalized spacial score (nSPS) is 11.4. The molecule has 1 aromatic heterocycles. The minimum Gasteiger partial charge on any atom is -0.318 e. The van der Waals surface area contributed by atoms with Crippen LogP contribution in [-0.2, 0) is 4.79 Å². The van der Waals surface area contributed by atoms with E-state index in [1.165, 1.54) is 23.5 Å². The average molecular weight is 279 g/mol. The van der Waals surface area contributed by atoms with Crippen LogP contribution in [0.1, 0.15) is 13.8 Å². The van der Waals surface area contributed by atoms with Gasteiger partial charge in [0.15, 0.2) is 5.13 Å². The van der Waals surface area contributed by atoms with Gasteiger partial charge in [-0.05, 0) is 38.1 Å². The quantitative estimate of drug-likeness (QED) is 0.907. The fourth-order valence-corrected chi connectivity index (χ4v) is 2.06. The lowest BCUT2D eigenvalue weighted by Crippen LogP contribution is -2.45. The van der Waals surface area contributed by atoms with E-state index in [9.17, 15) is 9.18 Å². The van der Waals surface area contributed by atoms with E-state index in [1.807, 2.05) is 0 Å². The first-order valence-corrected chi connectivity index (χ1v) is 6.56. The summed E-state index contributed by atoms with van der Waals surface area (Å²) in [6.45, 7) is 3.24. The van der Waals surface area contributed by atoms with Gasteiger partial charge in [0, 0.05) is 10.9 Å². The summed E-state index contributed by atoms with van der Waals surface area (Å²) in [5.41, 5.74) is 6.21. The van der Waals surface area contributed by atoms with E-state index >= 15 is 0 Å². The van der Waals surface area contributed by atoms with E-state index in [-0.39, 0.29) is 11.7 Å². The molecule has 3 N–H and O–H groups in total. The summed E-state index contributed by atoms with van der Waals surface area (Å²) in [5, 5.41) is 4.93. The number of hydrogen-bond donors (Lipinski definition) is 2. The van der Waals surface area contributed by atoms with Gasteiger partial charge in [-0.2, -0.15) is 0 Å². The Morgan fingerprint density at radius 1 is 1.37 bits per heavy atom. The number of carbonyl (C=O) groups is 1. The molecule has 1 heterocycles. The molecule has 100 valence electrons. The molecule has 2 rings (SSSR count). The predicted molar refractivity (Wildman–Crippen MR) is 74.4 cm³/mol. The summed E-state index contributed by atoms with van der Waals surface area (Å²) in [6, 6.07) is 6.03. The second kappa shape index (κ2) is 5.07. The van der Waals surface area contributed by atoms with Gasteiger partial charge in [-0.3, -0.25) is 4.79 Å². The molecule has 0 saturated carbocycles. The molecule has 0 bridgehead atoms. The molecule has 0 aliphatic carbocycles. The Kier molecular flexibility index (Phi) is 3.64. The number of rotatable bonds is 3. The summed E-state index contributed by atoms with van der Waals surface area (Å²) >= 11 is 1.30. The van der Waals surface area contributed by atoms with Crippen molar-refractivity contribution in [1.82, 2.24) is 4.98 Å². The number of thiazole rings is 1. The van der Waals surface area contributed by atoms with Crippen molar-refractivity contribution in [2.24, 2.45) is 5.73 Å². The van der Waals surface area contributed by atoms with Crippen molar-refractivity contribution in [3.8, 4) is 11.3 Å². The van der Waals surface area contributed by atoms with Gasteiger partial charge in [0.25, 0.3) is 0 Å². The molecule has 0 radical (unpaired) electrons. The summed E-state index contributed by atoms with van der Waals surface area (Å²) in [6.07, 6.45) is 0. The van der Waals surface area contributed by atoms with Crippen LogP contribution in [0.3, 0.4) is 0 Å². The Bertz CT molecular complexity index is 587. The number of amides is 1. The number of benzene rings is 1. The summed E-state index contributed by atoms with van der Waals surface area (Å²) in [5.74, 6) is -0.593. The Balaban J connectivity index is 2.16. The van der Waals surface area contributed by atoms with Crippen molar-refractivity contribution in [2.45, 2.75) is 19.4 Å². The zero-order valence-corrected chi connectivity index (χ0v) is 11.4. The van der Waals surface area contributed by atoms with Crippen LogP contribution >= 0.6 is 11.3 Å². The summed E-state index contributed by atoms with van der Waals surface area (Å²) < 4.78 is 12.8. The lowest BCUT2D eigenvalue weighted by Gasteiger charge is -2.16. The first-order chi connectivity index (χ1) is 8.86. The molecule has 1 amide bonds. The zero-order valence-electron chi connectivity index (χ0n) is 10.6. The van der Waals surface area contributed by atoms with Crippen LogP contribution in [0.5, 0.6) is 0 Å². The maximum absolute atomic E-state index is 12.8. The predicted octanol–water partition coefficient (Wildman–Crippen LogP) is 2.63. The second-order valence-corrected chi connectivity index (χ2v) is 5.58. The number of nitrogens with one attached hydrogen (secondary N) is 1. The van der Waals surface area contributed by atoms with E-state index in [0.717, 1.165) is 5.56 Å². The minimum absolute atomic E-state index is 0.294. The first-order valence-electron chi connectivity index (χ1n) is 5.68. The van der Waals surface area contributed by atoms with E-state index in [2.05, 4.69) is 10.3 Å². The molecular weight excluding hydrogens is 265 g/mol. The van der Waals surface area contributed by atoms with E-state index < -0.39 is 5.54 Å². The summed E-state index contributed by atoms with van der Waals surface area (Å²) in [7, 11) is 0. The zero-order chi connectivity index (χ0) is 14.0. The SMILES string of the molecule is CC(C)(N)C(=O)Nc1nc(-c2ccc(F)cc2)cs1. The Morgan fingerprint density at radius 2 is 2.00 bits per heavy atom. The lowest BCUT2D eigenvalue weighted by molar-refractivity contribution is -0.120. The fourth-order valence-electron chi connectivity index (χ4n) is 1.34. The van der Waals surface area contributed by atoms with E-state index in [4.69, 9.17) is 5.73 Å². The third kappa shape index (κ3) is 3.36. The monoisotopic (exact) mass is 279 g/mol. The van der Waals surface area contributed by atoms with Crippen LogP contribution in [0, 0.1) is 5.82 Å². The number of carbonyl (C=O) groups excluding carboxylic acids is 1. The molecule has 0 atom stereocenters. The van der Waals surface area contributed by atoms with Gasteiger partial charge >= 0.3 is 0 Å². The van der Waals surface area contributed by atoms with Crippen LogP contribution in [0.15, 0.2) is 29.6 Å². The van der Waals surface area contributed by atoms with Crippen LogP contribution < -0.4 is 11.1 Å². The standard InChI is InChI=1S/C13H14FN3OS/c1-13(2,15)11(18)17-12-16-10(7-19-12)8-3-5-9(14)6-4-8/h3-7H,15H2,1-2H3,(H,16,17,18). The molecule has 6 heteroatoms. The van der Waals surface area contributed by atoms with Crippen molar-refractivity contribution in [2.75, 3.05) is 5.32 Å². The van der Waals surface area contributed by atoms with Gasteiger partial charge < -0.3 is 11.1 Å². The maximum Gasteiger partial charge on any atom is 0.245 e. The lowest BCUT2D eigenvalue weighted by atomic mass is 10.1. The molecule has 0 fully saturated rings. The number of nitrogens with zero attached hydrogens (tertiary/aromatic N) is 1. The van der Waals surface area contributed by atoms with Gasteiger partial charge in [0.2, 0.25) is 5.91 Å². The number of nitrogens with two attached hydrogens (primary N) is 1. The van der Waals surface area contributed by atoms with Crippen molar-refractivity contribution < 1.29 is 9.18 Å². The minimum atomic E-state index is -0.957. The molecule has 0 unspecified atom stereocenters. The Morgan fingerprint density at radius 3 is 2.58 bits per heavy atom. The number of hydrogen-bond acceptors (Lipinski definition) is 4. The van der Waals surface area contributed by atoms with Crippen LogP contribution in [0.4, 0.5) is 9.52 Å². The highest BCUT2D eigenvalue weighted by Gasteiger charge is 2.22. The molecule has 0 aliphatic rings. The third-order valence-electron chi connectivity index (χ3n) is 2.45. The highest BCUT2D eigenvalue weighted by atomic mass is 32.1. The second-order valence-electron chi connectivity index (χ2n) is 4.72. The van der Waals surface area contributed by atoms with Crippen molar-refractivity contribution in [1.29, 1.82) is 0 Å². The molecule has 2 aromatic rings. The molecule has 1 aromatic carbocycles. The molecular formula is C13H14FN3OS. The molecule has 19 heavy (non-hydrogen) atoms.